The van der Waals surface area contributed by atoms with E-state index in [-0.39, 0.29) is 5.91 Å². The summed E-state index contributed by atoms with van der Waals surface area (Å²) in [4.78, 5) is 17.3. The fraction of sp³-hybridized carbons (Fsp3) is 0.444. The smallest absolute Gasteiger partial charge is 0.223 e. The SMILES string of the molecule is CN=C(NCCCn1ccc2ccccc21)NCCC(=O)N(C)C. The van der Waals surface area contributed by atoms with Gasteiger partial charge in [-0.3, -0.25) is 9.79 Å². The van der Waals surface area contributed by atoms with Crippen LogP contribution in [0.25, 0.3) is 10.9 Å². The standard InChI is InChI=1S/C18H27N5O/c1-19-18(21-12-9-17(24)22(2)3)20-11-6-13-23-14-10-15-7-4-5-8-16(15)23/h4-5,7-8,10,14H,6,9,11-13H2,1-3H3,(H2,19,20,21). The Morgan fingerprint density at radius 2 is 1.92 bits per heavy atom. The molecule has 0 saturated heterocycles. The molecule has 0 atom stereocenters. The summed E-state index contributed by atoms with van der Waals surface area (Å²) in [5.41, 5.74) is 1.27. The Balaban J connectivity index is 1.69. The van der Waals surface area contributed by atoms with Gasteiger partial charge < -0.3 is 20.1 Å². The molecule has 6 nitrogen and oxygen atoms in total. The lowest BCUT2D eigenvalue weighted by atomic mass is 10.2. The van der Waals surface area contributed by atoms with Gasteiger partial charge in [0.05, 0.1) is 0 Å². The Bertz CT molecular complexity index is 690. The number of nitrogens with zero attached hydrogens (tertiary/aromatic N) is 3. The van der Waals surface area contributed by atoms with E-state index >= 15 is 0 Å². The van der Waals surface area contributed by atoms with E-state index in [0.717, 1.165) is 25.5 Å². The van der Waals surface area contributed by atoms with Gasteiger partial charge in [-0.1, -0.05) is 18.2 Å². The fourth-order valence-corrected chi connectivity index (χ4v) is 2.52. The lowest BCUT2D eigenvalue weighted by molar-refractivity contribution is -0.128. The summed E-state index contributed by atoms with van der Waals surface area (Å²) in [5, 5.41) is 7.72. The second-order valence-corrected chi connectivity index (χ2v) is 5.89. The third-order valence-corrected chi connectivity index (χ3v) is 3.90. The van der Waals surface area contributed by atoms with Crippen LogP contribution in [-0.4, -0.2) is 55.6 Å². The van der Waals surface area contributed by atoms with E-state index in [1.165, 1.54) is 10.9 Å². The molecule has 130 valence electrons. The number of rotatable bonds is 7. The normalized spacial score (nSPS) is 11.5. The zero-order valence-electron chi connectivity index (χ0n) is 14.7. The number of hydrogen-bond acceptors (Lipinski definition) is 2. The maximum atomic E-state index is 11.5. The van der Waals surface area contributed by atoms with E-state index in [1.807, 2.05) is 0 Å². The highest BCUT2D eigenvalue weighted by Crippen LogP contribution is 2.15. The molecule has 0 spiro atoms. The molecule has 0 bridgehead atoms. The van der Waals surface area contributed by atoms with Crippen molar-refractivity contribution in [2.24, 2.45) is 4.99 Å². The Hall–Kier alpha value is -2.50. The van der Waals surface area contributed by atoms with Crippen molar-refractivity contribution in [1.82, 2.24) is 20.1 Å². The molecule has 1 aromatic heterocycles. The molecule has 2 N–H and O–H groups in total. The molecule has 0 aliphatic heterocycles. The third-order valence-electron chi connectivity index (χ3n) is 3.90. The van der Waals surface area contributed by atoms with Crippen LogP contribution in [-0.2, 0) is 11.3 Å². The number of amides is 1. The summed E-state index contributed by atoms with van der Waals surface area (Å²) in [7, 11) is 5.27. The highest BCUT2D eigenvalue weighted by molar-refractivity contribution is 5.81. The van der Waals surface area contributed by atoms with E-state index in [0.29, 0.717) is 13.0 Å². The zero-order valence-corrected chi connectivity index (χ0v) is 14.7. The van der Waals surface area contributed by atoms with Crippen LogP contribution in [0.5, 0.6) is 0 Å². The molecule has 0 aliphatic rings. The summed E-state index contributed by atoms with van der Waals surface area (Å²) < 4.78 is 2.27. The van der Waals surface area contributed by atoms with Crippen molar-refractivity contribution in [2.45, 2.75) is 19.4 Å². The first-order valence-corrected chi connectivity index (χ1v) is 8.30. The summed E-state index contributed by atoms with van der Waals surface area (Å²) in [6.45, 7) is 2.36. The predicted octanol–water partition coefficient (Wildman–Crippen LogP) is 1.67. The van der Waals surface area contributed by atoms with Crippen LogP contribution in [0.3, 0.4) is 0 Å². The number of carbonyl (C=O) groups is 1. The number of para-hydroxylation sites is 1. The van der Waals surface area contributed by atoms with Crippen LogP contribution < -0.4 is 10.6 Å². The van der Waals surface area contributed by atoms with Crippen molar-refractivity contribution >= 4 is 22.8 Å². The number of hydrogen-bond donors (Lipinski definition) is 2. The van der Waals surface area contributed by atoms with Gasteiger partial charge in [-0.25, -0.2) is 0 Å². The maximum Gasteiger partial charge on any atom is 0.223 e. The second-order valence-electron chi connectivity index (χ2n) is 5.89. The van der Waals surface area contributed by atoms with Crippen molar-refractivity contribution in [1.29, 1.82) is 0 Å². The first-order valence-electron chi connectivity index (χ1n) is 8.30. The highest BCUT2D eigenvalue weighted by atomic mass is 16.2. The minimum absolute atomic E-state index is 0.109. The van der Waals surface area contributed by atoms with E-state index in [4.69, 9.17) is 0 Å². The summed E-state index contributed by atoms with van der Waals surface area (Å²) in [6, 6.07) is 10.5. The summed E-state index contributed by atoms with van der Waals surface area (Å²) in [6.07, 6.45) is 3.59. The fourth-order valence-electron chi connectivity index (χ4n) is 2.52. The molecule has 24 heavy (non-hydrogen) atoms. The topological polar surface area (TPSA) is 61.7 Å². The molecule has 0 saturated carbocycles. The first kappa shape index (κ1) is 17.8. The average Bonchev–Trinajstić information content (AvgIpc) is 3.00. The number of nitrogens with one attached hydrogen (secondary N) is 2. The molecular weight excluding hydrogens is 302 g/mol. The van der Waals surface area contributed by atoms with Crippen LogP contribution in [0.2, 0.25) is 0 Å². The largest absolute Gasteiger partial charge is 0.356 e. The molecule has 1 aromatic carbocycles. The maximum absolute atomic E-state index is 11.5. The molecule has 0 fully saturated rings. The number of aryl methyl sites for hydroxylation is 1. The number of fused-ring (bicyclic) bond motifs is 1. The van der Waals surface area contributed by atoms with Gasteiger partial charge in [0.1, 0.15) is 0 Å². The van der Waals surface area contributed by atoms with Crippen LogP contribution in [0.15, 0.2) is 41.5 Å². The van der Waals surface area contributed by atoms with E-state index in [9.17, 15) is 4.79 Å². The molecule has 1 amide bonds. The summed E-state index contributed by atoms with van der Waals surface area (Å²) in [5.74, 6) is 0.844. The lowest BCUT2D eigenvalue weighted by Gasteiger charge is -2.14. The predicted molar refractivity (Wildman–Crippen MR) is 99.2 cm³/mol. The van der Waals surface area contributed by atoms with Gasteiger partial charge in [0, 0.05) is 58.9 Å². The van der Waals surface area contributed by atoms with Crippen molar-refractivity contribution in [2.75, 3.05) is 34.2 Å². The van der Waals surface area contributed by atoms with Crippen LogP contribution in [0.4, 0.5) is 0 Å². The van der Waals surface area contributed by atoms with E-state index in [2.05, 4.69) is 56.7 Å². The zero-order chi connectivity index (χ0) is 17.4. The van der Waals surface area contributed by atoms with Crippen molar-refractivity contribution in [3.63, 3.8) is 0 Å². The number of guanidine groups is 1. The molecular formula is C18H27N5O. The number of carbonyl (C=O) groups excluding carboxylic acids is 1. The highest BCUT2D eigenvalue weighted by Gasteiger charge is 2.04. The van der Waals surface area contributed by atoms with Crippen molar-refractivity contribution < 1.29 is 4.79 Å². The molecule has 6 heteroatoms. The molecule has 0 aliphatic carbocycles. The third kappa shape index (κ3) is 5.01. The van der Waals surface area contributed by atoms with Gasteiger partial charge in [0.15, 0.2) is 5.96 Å². The van der Waals surface area contributed by atoms with Crippen LogP contribution in [0.1, 0.15) is 12.8 Å². The van der Waals surface area contributed by atoms with Crippen LogP contribution >= 0.6 is 0 Å². The molecule has 1 heterocycles. The minimum atomic E-state index is 0.109. The summed E-state index contributed by atoms with van der Waals surface area (Å²) >= 11 is 0. The average molecular weight is 329 g/mol. The Labute approximate surface area is 143 Å². The first-order chi connectivity index (χ1) is 11.6. The number of benzene rings is 1. The van der Waals surface area contributed by atoms with Gasteiger partial charge in [0.25, 0.3) is 0 Å². The number of aliphatic imine (C=N–C) groups is 1. The minimum Gasteiger partial charge on any atom is -0.356 e. The van der Waals surface area contributed by atoms with Crippen LogP contribution in [0, 0.1) is 0 Å². The Kier molecular flexibility index (Phi) is 6.66. The Morgan fingerprint density at radius 3 is 2.67 bits per heavy atom. The number of aromatic nitrogens is 1. The van der Waals surface area contributed by atoms with Gasteiger partial charge in [-0.15, -0.1) is 0 Å². The van der Waals surface area contributed by atoms with E-state index < -0.39 is 0 Å². The monoisotopic (exact) mass is 329 g/mol. The Morgan fingerprint density at radius 1 is 1.17 bits per heavy atom. The molecule has 2 aromatic rings. The molecule has 2 rings (SSSR count). The lowest BCUT2D eigenvalue weighted by Crippen LogP contribution is -2.39. The molecule has 0 radical (unpaired) electrons. The van der Waals surface area contributed by atoms with Gasteiger partial charge in [-0.05, 0) is 23.9 Å². The van der Waals surface area contributed by atoms with Gasteiger partial charge in [0.2, 0.25) is 5.91 Å². The van der Waals surface area contributed by atoms with Gasteiger partial charge in [-0.2, -0.15) is 0 Å². The molecule has 0 unspecified atom stereocenters. The quantitative estimate of drug-likeness (QED) is 0.461. The van der Waals surface area contributed by atoms with Gasteiger partial charge >= 0.3 is 0 Å². The van der Waals surface area contributed by atoms with Crippen molar-refractivity contribution in [3.05, 3.63) is 36.5 Å². The second kappa shape index (κ2) is 8.96. The van der Waals surface area contributed by atoms with Crippen molar-refractivity contribution in [3.8, 4) is 0 Å². The van der Waals surface area contributed by atoms with E-state index in [1.54, 1.807) is 26.0 Å².